The van der Waals surface area contributed by atoms with E-state index in [0.29, 0.717) is 18.5 Å². The van der Waals surface area contributed by atoms with Crippen LogP contribution in [0.25, 0.3) is 0 Å². The molecule has 1 saturated carbocycles. The smallest absolute Gasteiger partial charge is 0.191 e. The maximum Gasteiger partial charge on any atom is 0.191 e. The summed E-state index contributed by atoms with van der Waals surface area (Å²) in [6.07, 6.45) is 5.04. The Labute approximate surface area is 162 Å². The van der Waals surface area contributed by atoms with Crippen molar-refractivity contribution in [1.29, 1.82) is 0 Å². The fraction of sp³-hybridized carbons (Fsp3) is 0.571. The Morgan fingerprint density at radius 1 is 1.19 bits per heavy atom. The van der Waals surface area contributed by atoms with E-state index in [4.69, 9.17) is 4.99 Å². The van der Waals surface area contributed by atoms with Crippen LogP contribution in [0.2, 0.25) is 0 Å². The van der Waals surface area contributed by atoms with Gasteiger partial charge in [0.15, 0.2) is 11.8 Å². The zero-order valence-electron chi connectivity index (χ0n) is 17.0. The molecular weight excluding hydrogens is 336 g/mol. The van der Waals surface area contributed by atoms with Crippen molar-refractivity contribution in [3.05, 3.63) is 47.0 Å². The standard InChI is InChI=1S/C21H32N6/c1-15-9-11-18(12-10-15)16(2)13-22-21(24-19-7-5-6-8-19)23-14-20-26-25-17(3)27(20)4/h9-12,16,19H,5-8,13-14H2,1-4H3,(H2,22,23,24). The first kappa shape index (κ1) is 19.4. The van der Waals surface area contributed by atoms with Crippen molar-refractivity contribution in [3.63, 3.8) is 0 Å². The second-order valence-electron chi connectivity index (χ2n) is 7.71. The summed E-state index contributed by atoms with van der Waals surface area (Å²) < 4.78 is 1.99. The van der Waals surface area contributed by atoms with Crippen LogP contribution in [0, 0.1) is 13.8 Å². The van der Waals surface area contributed by atoms with Gasteiger partial charge in [0, 0.05) is 19.6 Å². The fourth-order valence-corrected chi connectivity index (χ4v) is 3.42. The number of aryl methyl sites for hydroxylation is 2. The summed E-state index contributed by atoms with van der Waals surface area (Å²) in [5.74, 6) is 3.08. The van der Waals surface area contributed by atoms with Crippen molar-refractivity contribution in [1.82, 2.24) is 25.4 Å². The predicted molar refractivity (Wildman–Crippen MR) is 110 cm³/mol. The first-order valence-corrected chi connectivity index (χ1v) is 9.99. The summed E-state index contributed by atoms with van der Waals surface area (Å²) in [5, 5.41) is 15.5. The molecule has 1 aliphatic rings. The third kappa shape index (κ3) is 5.31. The van der Waals surface area contributed by atoms with Crippen LogP contribution in [-0.2, 0) is 13.6 Å². The Hall–Kier alpha value is -2.37. The number of hydrogen-bond donors (Lipinski definition) is 2. The summed E-state index contributed by atoms with van der Waals surface area (Å²) >= 11 is 0. The van der Waals surface area contributed by atoms with Gasteiger partial charge in [-0.3, -0.25) is 0 Å². The molecule has 1 aliphatic carbocycles. The monoisotopic (exact) mass is 368 g/mol. The normalized spacial score (nSPS) is 16.5. The molecule has 2 aromatic rings. The van der Waals surface area contributed by atoms with Gasteiger partial charge in [-0.2, -0.15) is 0 Å². The summed E-state index contributed by atoms with van der Waals surface area (Å²) in [4.78, 5) is 4.78. The van der Waals surface area contributed by atoms with Crippen molar-refractivity contribution in [2.75, 3.05) is 6.54 Å². The molecule has 1 atom stereocenters. The van der Waals surface area contributed by atoms with E-state index in [-0.39, 0.29) is 0 Å². The molecule has 6 nitrogen and oxygen atoms in total. The molecular formula is C21H32N6. The van der Waals surface area contributed by atoms with Crippen LogP contribution in [-0.4, -0.2) is 33.3 Å². The van der Waals surface area contributed by atoms with Crippen molar-refractivity contribution >= 4 is 5.96 Å². The van der Waals surface area contributed by atoms with Crippen LogP contribution >= 0.6 is 0 Å². The number of rotatable bonds is 6. The highest BCUT2D eigenvalue weighted by molar-refractivity contribution is 5.80. The molecule has 0 bridgehead atoms. The highest BCUT2D eigenvalue weighted by Crippen LogP contribution is 2.18. The lowest BCUT2D eigenvalue weighted by Gasteiger charge is -2.20. The van der Waals surface area contributed by atoms with Gasteiger partial charge in [0.1, 0.15) is 12.4 Å². The molecule has 1 unspecified atom stereocenters. The van der Waals surface area contributed by atoms with Crippen molar-refractivity contribution in [2.45, 2.75) is 65.0 Å². The van der Waals surface area contributed by atoms with E-state index in [1.807, 2.05) is 18.5 Å². The molecule has 2 N–H and O–H groups in total. The zero-order valence-corrected chi connectivity index (χ0v) is 17.0. The van der Waals surface area contributed by atoms with Gasteiger partial charge in [0.25, 0.3) is 0 Å². The predicted octanol–water partition coefficient (Wildman–Crippen LogP) is 3.21. The molecule has 0 radical (unpaired) electrons. The van der Waals surface area contributed by atoms with E-state index in [2.05, 4.69) is 58.9 Å². The van der Waals surface area contributed by atoms with Gasteiger partial charge in [-0.15, -0.1) is 10.2 Å². The number of hydrogen-bond acceptors (Lipinski definition) is 3. The SMILES string of the molecule is Cc1ccc(C(C)CNC(=NCc2nnc(C)n2C)NC2CCCC2)cc1. The molecule has 0 aliphatic heterocycles. The van der Waals surface area contributed by atoms with Gasteiger partial charge in [0.2, 0.25) is 0 Å². The average molecular weight is 369 g/mol. The molecule has 0 saturated heterocycles. The van der Waals surface area contributed by atoms with Crippen molar-refractivity contribution in [2.24, 2.45) is 12.0 Å². The summed E-state index contributed by atoms with van der Waals surface area (Å²) in [6, 6.07) is 9.30. The van der Waals surface area contributed by atoms with Crippen LogP contribution in [0.5, 0.6) is 0 Å². The number of nitrogens with one attached hydrogen (secondary N) is 2. The zero-order chi connectivity index (χ0) is 19.2. The lowest BCUT2D eigenvalue weighted by molar-refractivity contribution is 0.602. The van der Waals surface area contributed by atoms with Crippen LogP contribution in [0.4, 0.5) is 0 Å². The quantitative estimate of drug-likeness (QED) is 0.607. The largest absolute Gasteiger partial charge is 0.356 e. The van der Waals surface area contributed by atoms with Gasteiger partial charge in [0.05, 0.1) is 0 Å². The van der Waals surface area contributed by atoms with Gasteiger partial charge < -0.3 is 15.2 Å². The summed E-state index contributed by atoms with van der Waals surface area (Å²) in [6.45, 7) is 7.70. The Bertz CT molecular complexity index is 755. The van der Waals surface area contributed by atoms with Crippen LogP contribution < -0.4 is 10.6 Å². The minimum atomic E-state index is 0.415. The Morgan fingerprint density at radius 2 is 1.89 bits per heavy atom. The van der Waals surface area contributed by atoms with Gasteiger partial charge in [-0.05, 0) is 38.2 Å². The van der Waals surface area contributed by atoms with Crippen LogP contribution in [0.1, 0.15) is 61.3 Å². The molecule has 27 heavy (non-hydrogen) atoms. The molecule has 1 aromatic carbocycles. The third-order valence-corrected chi connectivity index (χ3v) is 5.48. The van der Waals surface area contributed by atoms with Gasteiger partial charge >= 0.3 is 0 Å². The van der Waals surface area contributed by atoms with E-state index in [1.165, 1.54) is 36.8 Å². The average Bonchev–Trinajstić information content (AvgIpc) is 3.29. The highest BCUT2D eigenvalue weighted by Gasteiger charge is 2.17. The second kappa shape index (κ2) is 9.02. The molecule has 1 heterocycles. The fourth-order valence-electron chi connectivity index (χ4n) is 3.42. The maximum atomic E-state index is 4.78. The number of aromatic nitrogens is 3. The third-order valence-electron chi connectivity index (χ3n) is 5.48. The summed E-state index contributed by atoms with van der Waals surface area (Å²) in [7, 11) is 1.98. The Balaban J connectivity index is 1.64. The van der Waals surface area contributed by atoms with E-state index in [1.54, 1.807) is 0 Å². The van der Waals surface area contributed by atoms with Crippen LogP contribution in [0.3, 0.4) is 0 Å². The first-order chi connectivity index (χ1) is 13.0. The number of guanidine groups is 1. The molecule has 6 heteroatoms. The van der Waals surface area contributed by atoms with Crippen molar-refractivity contribution in [3.8, 4) is 0 Å². The number of benzene rings is 1. The Morgan fingerprint density at radius 3 is 2.52 bits per heavy atom. The molecule has 0 spiro atoms. The topological polar surface area (TPSA) is 67.1 Å². The highest BCUT2D eigenvalue weighted by atomic mass is 15.3. The minimum Gasteiger partial charge on any atom is -0.356 e. The minimum absolute atomic E-state index is 0.415. The van der Waals surface area contributed by atoms with E-state index < -0.39 is 0 Å². The maximum absolute atomic E-state index is 4.78. The van der Waals surface area contributed by atoms with Gasteiger partial charge in [-0.25, -0.2) is 4.99 Å². The lowest BCUT2D eigenvalue weighted by atomic mass is 10.0. The van der Waals surface area contributed by atoms with E-state index in [0.717, 1.165) is 24.2 Å². The van der Waals surface area contributed by atoms with E-state index >= 15 is 0 Å². The molecule has 146 valence electrons. The van der Waals surface area contributed by atoms with E-state index in [9.17, 15) is 0 Å². The van der Waals surface area contributed by atoms with Crippen molar-refractivity contribution < 1.29 is 0 Å². The first-order valence-electron chi connectivity index (χ1n) is 9.99. The van der Waals surface area contributed by atoms with Gasteiger partial charge in [-0.1, -0.05) is 49.6 Å². The van der Waals surface area contributed by atoms with Crippen LogP contribution in [0.15, 0.2) is 29.3 Å². The molecule has 1 fully saturated rings. The summed E-state index contributed by atoms with van der Waals surface area (Å²) in [5.41, 5.74) is 2.64. The number of nitrogens with zero attached hydrogens (tertiary/aromatic N) is 4. The lowest BCUT2D eigenvalue weighted by Crippen LogP contribution is -2.43. The Kier molecular flexibility index (Phi) is 6.48. The molecule has 1 aromatic heterocycles. The second-order valence-corrected chi connectivity index (χ2v) is 7.71. The molecule has 0 amide bonds. The molecule has 3 rings (SSSR count). The number of aliphatic imine (C=N–C) groups is 1.